The van der Waals surface area contributed by atoms with Gasteiger partial charge in [0.2, 0.25) is 10.0 Å². The van der Waals surface area contributed by atoms with Crippen LogP contribution < -0.4 is 4.31 Å². The zero-order valence-electron chi connectivity index (χ0n) is 13.1. The molecular weight excluding hydrogens is 336 g/mol. The summed E-state index contributed by atoms with van der Waals surface area (Å²) in [6, 6.07) is 4.90. The van der Waals surface area contributed by atoms with Gasteiger partial charge in [0.15, 0.2) is 6.10 Å². The molecule has 24 heavy (non-hydrogen) atoms. The van der Waals surface area contributed by atoms with Crippen molar-refractivity contribution >= 4 is 27.6 Å². The summed E-state index contributed by atoms with van der Waals surface area (Å²) in [5.41, 5.74) is 1.82. The smallest absolute Gasteiger partial charge is 0.334 e. The molecule has 0 spiro atoms. The van der Waals surface area contributed by atoms with E-state index in [0.717, 1.165) is 11.8 Å². The van der Waals surface area contributed by atoms with Gasteiger partial charge in [0.05, 0.1) is 25.1 Å². The summed E-state index contributed by atoms with van der Waals surface area (Å²) in [6.45, 7) is 0.871. The first-order chi connectivity index (χ1) is 11.3. The number of carbonyl (C=O) groups is 2. The number of carboxylic acid groups (broad SMARTS) is 1. The van der Waals surface area contributed by atoms with Crippen LogP contribution in [0.3, 0.4) is 0 Å². The summed E-state index contributed by atoms with van der Waals surface area (Å²) < 4.78 is 29.9. The molecule has 1 aromatic rings. The normalized spacial score (nSPS) is 20.8. The van der Waals surface area contributed by atoms with Crippen LogP contribution in [0.15, 0.2) is 18.2 Å². The number of rotatable bonds is 3. The number of nitrogens with zero attached hydrogens (tertiary/aromatic N) is 2. The molecule has 0 saturated carbocycles. The molecule has 1 saturated heterocycles. The Morgan fingerprint density at radius 2 is 2.04 bits per heavy atom. The lowest BCUT2D eigenvalue weighted by Gasteiger charge is -2.31. The fourth-order valence-corrected chi connectivity index (χ4v) is 3.97. The maximum Gasteiger partial charge on any atom is 0.334 e. The van der Waals surface area contributed by atoms with E-state index in [1.54, 1.807) is 18.2 Å². The second-order valence-electron chi connectivity index (χ2n) is 5.88. The summed E-state index contributed by atoms with van der Waals surface area (Å²) in [4.78, 5) is 25.1. The highest BCUT2D eigenvalue weighted by Crippen LogP contribution is 2.31. The van der Waals surface area contributed by atoms with Gasteiger partial charge in [-0.25, -0.2) is 13.2 Å². The molecular formula is C15H18N2O6S. The molecule has 0 aromatic heterocycles. The molecule has 1 atom stereocenters. The number of anilines is 1. The van der Waals surface area contributed by atoms with Crippen molar-refractivity contribution in [2.24, 2.45) is 0 Å². The van der Waals surface area contributed by atoms with Crippen LogP contribution in [-0.2, 0) is 26.0 Å². The first kappa shape index (κ1) is 16.7. The lowest BCUT2D eigenvalue weighted by Crippen LogP contribution is -2.48. The van der Waals surface area contributed by atoms with Crippen molar-refractivity contribution in [2.75, 3.05) is 36.8 Å². The van der Waals surface area contributed by atoms with Crippen LogP contribution in [0.5, 0.6) is 0 Å². The predicted molar refractivity (Wildman–Crippen MR) is 85.6 cm³/mol. The number of benzene rings is 1. The molecule has 130 valence electrons. The summed E-state index contributed by atoms with van der Waals surface area (Å²) in [5, 5.41) is 9.02. The van der Waals surface area contributed by atoms with Crippen LogP contribution in [0, 0.1) is 0 Å². The molecule has 2 aliphatic heterocycles. The van der Waals surface area contributed by atoms with Crippen molar-refractivity contribution in [1.29, 1.82) is 0 Å². The van der Waals surface area contributed by atoms with E-state index in [-0.39, 0.29) is 19.1 Å². The van der Waals surface area contributed by atoms with Gasteiger partial charge in [-0.2, -0.15) is 0 Å². The molecule has 0 bridgehead atoms. The van der Waals surface area contributed by atoms with Crippen LogP contribution >= 0.6 is 0 Å². The minimum Gasteiger partial charge on any atom is -0.479 e. The molecule has 2 aliphatic rings. The van der Waals surface area contributed by atoms with E-state index in [1.807, 2.05) is 0 Å². The Morgan fingerprint density at radius 3 is 2.71 bits per heavy atom. The van der Waals surface area contributed by atoms with Crippen molar-refractivity contribution in [3.05, 3.63) is 29.3 Å². The Balaban J connectivity index is 1.81. The Bertz CT molecular complexity index is 791. The number of hydrogen-bond donors (Lipinski definition) is 1. The minimum absolute atomic E-state index is 0.000710. The van der Waals surface area contributed by atoms with Crippen molar-refractivity contribution in [3.8, 4) is 0 Å². The standard InChI is InChI=1S/C15H18N2O6S/c1-24(21,22)17-5-4-10-8-11(2-3-12(10)17)14(18)16-6-7-23-13(9-16)15(19)20/h2-3,8,13H,4-7,9H2,1H3,(H,19,20)/t13-/m0/s1. The first-order valence-corrected chi connectivity index (χ1v) is 9.36. The van der Waals surface area contributed by atoms with E-state index in [1.165, 1.54) is 9.21 Å². The fraction of sp³-hybridized carbons (Fsp3) is 0.467. The molecule has 9 heteroatoms. The van der Waals surface area contributed by atoms with Crippen molar-refractivity contribution in [2.45, 2.75) is 12.5 Å². The topological polar surface area (TPSA) is 104 Å². The number of morpholine rings is 1. The third-order valence-electron chi connectivity index (χ3n) is 4.21. The van der Waals surface area contributed by atoms with E-state index >= 15 is 0 Å². The lowest BCUT2D eigenvalue weighted by atomic mass is 10.1. The maximum absolute atomic E-state index is 12.6. The monoisotopic (exact) mass is 354 g/mol. The van der Waals surface area contributed by atoms with Crippen molar-refractivity contribution in [3.63, 3.8) is 0 Å². The molecule has 2 heterocycles. The molecule has 0 aliphatic carbocycles. The number of amides is 1. The molecule has 8 nitrogen and oxygen atoms in total. The van der Waals surface area contributed by atoms with Gasteiger partial charge in [-0.15, -0.1) is 0 Å². The van der Waals surface area contributed by atoms with E-state index in [9.17, 15) is 18.0 Å². The molecule has 1 aromatic carbocycles. The number of hydrogen-bond acceptors (Lipinski definition) is 5. The zero-order valence-corrected chi connectivity index (χ0v) is 14.0. The largest absolute Gasteiger partial charge is 0.479 e. The highest BCUT2D eigenvalue weighted by atomic mass is 32.2. The van der Waals surface area contributed by atoms with Crippen LogP contribution in [-0.4, -0.2) is 68.9 Å². The van der Waals surface area contributed by atoms with Gasteiger partial charge < -0.3 is 14.7 Å². The number of ether oxygens (including phenoxy) is 1. The van der Waals surface area contributed by atoms with Gasteiger partial charge in [0.1, 0.15) is 0 Å². The van der Waals surface area contributed by atoms with Gasteiger partial charge in [-0.05, 0) is 30.2 Å². The van der Waals surface area contributed by atoms with Crippen LogP contribution in [0.4, 0.5) is 5.69 Å². The summed E-state index contributed by atoms with van der Waals surface area (Å²) in [5.74, 6) is -1.37. The van der Waals surface area contributed by atoms with Crippen molar-refractivity contribution < 1.29 is 27.9 Å². The average Bonchev–Trinajstić information content (AvgIpc) is 2.97. The maximum atomic E-state index is 12.6. The summed E-state index contributed by atoms with van der Waals surface area (Å²) in [7, 11) is -3.33. The molecule has 1 fully saturated rings. The minimum atomic E-state index is -3.33. The number of aliphatic carboxylic acids is 1. The predicted octanol–water partition coefficient (Wildman–Crippen LogP) is -0.0657. The quantitative estimate of drug-likeness (QED) is 0.815. The fourth-order valence-electron chi connectivity index (χ4n) is 3.01. The zero-order chi connectivity index (χ0) is 17.5. The molecule has 0 radical (unpaired) electrons. The number of carbonyl (C=O) groups excluding carboxylic acids is 1. The average molecular weight is 354 g/mol. The third kappa shape index (κ3) is 3.09. The van der Waals surface area contributed by atoms with E-state index in [2.05, 4.69) is 0 Å². The van der Waals surface area contributed by atoms with Gasteiger partial charge in [-0.1, -0.05) is 0 Å². The van der Waals surface area contributed by atoms with Crippen LogP contribution in [0.1, 0.15) is 15.9 Å². The lowest BCUT2D eigenvalue weighted by molar-refractivity contribution is -0.154. The Labute approximate surface area is 139 Å². The van der Waals surface area contributed by atoms with Gasteiger partial charge in [0.25, 0.3) is 5.91 Å². The van der Waals surface area contributed by atoms with Gasteiger partial charge in [-0.3, -0.25) is 9.10 Å². The SMILES string of the molecule is CS(=O)(=O)N1CCc2cc(C(=O)N3CCO[C@H](C(=O)O)C3)ccc21. The van der Waals surface area contributed by atoms with E-state index < -0.39 is 22.1 Å². The highest BCUT2D eigenvalue weighted by molar-refractivity contribution is 7.92. The van der Waals surface area contributed by atoms with Gasteiger partial charge >= 0.3 is 5.97 Å². The second kappa shape index (κ2) is 6.06. The molecule has 0 unspecified atom stereocenters. The molecule has 1 N–H and O–H groups in total. The van der Waals surface area contributed by atoms with Crippen molar-refractivity contribution in [1.82, 2.24) is 4.90 Å². The summed E-state index contributed by atoms with van der Waals surface area (Å²) >= 11 is 0. The molecule has 3 rings (SSSR count). The number of fused-ring (bicyclic) bond motifs is 1. The number of carboxylic acids is 1. The Hall–Kier alpha value is -2.13. The first-order valence-electron chi connectivity index (χ1n) is 7.51. The van der Waals surface area contributed by atoms with Gasteiger partial charge in [0, 0.05) is 18.7 Å². The van der Waals surface area contributed by atoms with Crippen LogP contribution in [0.2, 0.25) is 0 Å². The van der Waals surface area contributed by atoms with Crippen LogP contribution in [0.25, 0.3) is 0 Å². The Kier molecular flexibility index (Phi) is 4.22. The van der Waals surface area contributed by atoms with E-state index in [0.29, 0.717) is 30.8 Å². The summed E-state index contributed by atoms with van der Waals surface area (Å²) in [6.07, 6.45) is 0.684. The highest BCUT2D eigenvalue weighted by Gasteiger charge is 2.31. The number of sulfonamides is 1. The molecule has 1 amide bonds. The third-order valence-corrected chi connectivity index (χ3v) is 5.39. The van der Waals surface area contributed by atoms with E-state index in [4.69, 9.17) is 9.84 Å². The second-order valence-corrected chi connectivity index (χ2v) is 7.78. The Morgan fingerprint density at radius 1 is 1.29 bits per heavy atom.